The molecule has 1 unspecified atom stereocenters. The summed E-state index contributed by atoms with van der Waals surface area (Å²) in [7, 11) is 0. The van der Waals surface area contributed by atoms with E-state index in [4.69, 9.17) is 0 Å². The number of carbonyl (C=O) groups excluding carboxylic acids is 1. The second kappa shape index (κ2) is 6.75. The summed E-state index contributed by atoms with van der Waals surface area (Å²) < 4.78 is 0. The Kier molecular flexibility index (Phi) is 5.01. The lowest BCUT2D eigenvalue weighted by molar-refractivity contribution is -0.122. The highest BCUT2D eigenvalue weighted by atomic mass is 32.2. The number of hydrogen-bond acceptors (Lipinski definition) is 4. The van der Waals surface area contributed by atoms with Crippen LogP contribution in [0.3, 0.4) is 0 Å². The minimum absolute atomic E-state index is 0.0387. The fourth-order valence-corrected chi connectivity index (χ4v) is 2.96. The summed E-state index contributed by atoms with van der Waals surface area (Å²) in [5.41, 5.74) is 1.09. The van der Waals surface area contributed by atoms with Crippen molar-refractivity contribution in [2.45, 2.75) is 25.4 Å². The molecule has 1 aliphatic heterocycles. The van der Waals surface area contributed by atoms with Gasteiger partial charge < -0.3 is 10.6 Å². The van der Waals surface area contributed by atoms with Gasteiger partial charge in [-0.15, -0.1) is 0 Å². The van der Waals surface area contributed by atoms with Gasteiger partial charge in [-0.3, -0.25) is 9.78 Å². The number of amides is 1. The van der Waals surface area contributed by atoms with E-state index in [1.54, 1.807) is 12.4 Å². The van der Waals surface area contributed by atoms with E-state index < -0.39 is 0 Å². The SMILES string of the molecule is C[C@H](NC(=O)CC1CSCCN1)c1ccncc1. The first-order valence-corrected chi connectivity index (χ1v) is 7.41. The predicted molar refractivity (Wildman–Crippen MR) is 74.5 cm³/mol. The maximum Gasteiger partial charge on any atom is 0.222 e. The monoisotopic (exact) mass is 265 g/mol. The van der Waals surface area contributed by atoms with Crippen molar-refractivity contribution in [1.29, 1.82) is 0 Å². The molecule has 98 valence electrons. The van der Waals surface area contributed by atoms with E-state index in [9.17, 15) is 4.79 Å². The molecule has 1 fully saturated rings. The molecule has 0 aromatic carbocycles. The number of thioether (sulfide) groups is 1. The number of nitrogens with one attached hydrogen (secondary N) is 2. The van der Waals surface area contributed by atoms with Crippen molar-refractivity contribution in [1.82, 2.24) is 15.6 Å². The Balaban J connectivity index is 1.80. The fraction of sp³-hybridized carbons (Fsp3) is 0.538. The largest absolute Gasteiger partial charge is 0.350 e. The van der Waals surface area contributed by atoms with Crippen LogP contribution < -0.4 is 10.6 Å². The van der Waals surface area contributed by atoms with Crippen LogP contribution in [0.25, 0.3) is 0 Å². The topological polar surface area (TPSA) is 54.0 Å². The molecule has 0 radical (unpaired) electrons. The van der Waals surface area contributed by atoms with Gasteiger partial charge in [-0.2, -0.15) is 11.8 Å². The Morgan fingerprint density at radius 3 is 3.06 bits per heavy atom. The zero-order valence-corrected chi connectivity index (χ0v) is 11.4. The third-order valence-electron chi connectivity index (χ3n) is 3.01. The van der Waals surface area contributed by atoms with E-state index >= 15 is 0 Å². The highest BCUT2D eigenvalue weighted by molar-refractivity contribution is 7.99. The maximum absolute atomic E-state index is 11.9. The Hall–Kier alpha value is -1.07. The van der Waals surface area contributed by atoms with Crippen LogP contribution in [0.5, 0.6) is 0 Å². The molecular weight excluding hydrogens is 246 g/mol. The summed E-state index contributed by atoms with van der Waals surface area (Å²) >= 11 is 1.91. The van der Waals surface area contributed by atoms with Crippen LogP contribution in [-0.2, 0) is 4.79 Å². The van der Waals surface area contributed by atoms with Crippen molar-refractivity contribution in [2.75, 3.05) is 18.1 Å². The van der Waals surface area contributed by atoms with Crippen molar-refractivity contribution >= 4 is 17.7 Å². The van der Waals surface area contributed by atoms with Crippen molar-refractivity contribution in [3.8, 4) is 0 Å². The molecule has 0 saturated carbocycles. The molecule has 5 heteroatoms. The lowest BCUT2D eigenvalue weighted by Gasteiger charge is -2.23. The summed E-state index contributed by atoms with van der Waals surface area (Å²) in [4.78, 5) is 15.9. The molecule has 1 aromatic heterocycles. The molecule has 18 heavy (non-hydrogen) atoms. The highest BCUT2D eigenvalue weighted by Gasteiger charge is 2.18. The Bertz CT molecular complexity index is 379. The third kappa shape index (κ3) is 3.99. The maximum atomic E-state index is 11.9. The first-order valence-electron chi connectivity index (χ1n) is 6.26. The molecule has 2 atom stereocenters. The van der Waals surface area contributed by atoms with Crippen LogP contribution in [0.15, 0.2) is 24.5 Å². The molecule has 0 bridgehead atoms. The van der Waals surface area contributed by atoms with Gasteiger partial charge in [-0.1, -0.05) is 0 Å². The molecule has 0 spiro atoms. The van der Waals surface area contributed by atoms with E-state index in [0.717, 1.165) is 23.6 Å². The predicted octanol–water partition coefficient (Wildman–Crippen LogP) is 1.35. The van der Waals surface area contributed by atoms with Gasteiger partial charge in [-0.05, 0) is 24.6 Å². The lowest BCUT2D eigenvalue weighted by atomic mass is 10.1. The van der Waals surface area contributed by atoms with Crippen molar-refractivity contribution in [3.05, 3.63) is 30.1 Å². The minimum Gasteiger partial charge on any atom is -0.350 e. The van der Waals surface area contributed by atoms with Gasteiger partial charge in [0.05, 0.1) is 6.04 Å². The number of rotatable bonds is 4. The van der Waals surface area contributed by atoms with Crippen LogP contribution in [0.1, 0.15) is 24.9 Å². The van der Waals surface area contributed by atoms with E-state index in [-0.39, 0.29) is 11.9 Å². The normalized spacial score (nSPS) is 21.3. The van der Waals surface area contributed by atoms with Crippen LogP contribution >= 0.6 is 11.8 Å². The molecule has 0 aliphatic carbocycles. The van der Waals surface area contributed by atoms with E-state index in [0.29, 0.717) is 12.5 Å². The number of aromatic nitrogens is 1. The van der Waals surface area contributed by atoms with Gasteiger partial charge in [0.25, 0.3) is 0 Å². The molecule has 2 N–H and O–H groups in total. The summed E-state index contributed by atoms with van der Waals surface area (Å²) in [6, 6.07) is 4.21. The third-order valence-corrected chi connectivity index (χ3v) is 4.14. The zero-order chi connectivity index (χ0) is 12.8. The molecule has 1 aromatic rings. The average Bonchev–Trinajstić information content (AvgIpc) is 2.40. The molecular formula is C13H19N3OS. The van der Waals surface area contributed by atoms with E-state index in [1.165, 1.54) is 0 Å². The second-order valence-electron chi connectivity index (χ2n) is 4.50. The lowest BCUT2D eigenvalue weighted by Crippen LogP contribution is -2.41. The van der Waals surface area contributed by atoms with Crippen molar-refractivity contribution in [3.63, 3.8) is 0 Å². The smallest absolute Gasteiger partial charge is 0.222 e. The van der Waals surface area contributed by atoms with Gasteiger partial charge in [0.1, 0.15) is 0 Å². The summed E-state index contributed by atoms with van der Waals surface area (Å²) in [5, 5.41) is 6.40. The summed E-state index contributed by atoms with van der Waals surface area (Å²) in [5.74, 6) is 2.28. The Morgan fingerprint density at radius 1 is 1.61 bits per heavy atom. The first kappa shape index (κ1) is 13.4. The standard InChI is InChI=1S/C13H19N3OS/c1-10(11-2-4-14-5-3-11)16-13(17)8-12-9-18-7-6-15-12/h2-5,10,12,15H,6-9H2,1H3,(H,16,17)/t10-,12?/m0/s1. The van der Waals surface area contributed by atoms with E-state index in [2.05, 4.69) is 15.6 Å². The van der Waals surface area contributed by atoms with Crippen LogP contribution in [-0.4, -0.2) is 35.0 Å². The van der Waals surface area contributed by atoms with Gasteiger partial charge in [0.2, 0.25) is 5.91 Å². The van der Waals surface area contributed by atoms with E-state index in [1.807, 2.05) is 30.8 Å². The van der Waals surface area contributed by atoms with Crippen LogP contribution in [0.4, 0.5) is 0 Å². The number of hydrogen-bond donors (Lipinski definition) is 2. The number of nitrogens with zero attached hydrogens (tertiary/aromatic N) is 1. The van der Waals surface area contributed by atoms with Crippen LogP contribution in [0, 0.1) is 0 Å². The Morgan fingerprint density at radius 2 is 2.39 bits per heavy atom. The summed E-state index contributed by atoms with van der Waals surface area (Å²) in [6.45, 7) is 3.00. The molecule has 4 nitrogen and oxygen atoms in total. The minimum atomic E-state index is 0.0387. The van der Waals surface area contributed by atoms with Crippen molar-refractivity contribution < 1.29 is 4.79 Å². The van der Waals surface area contributed by atoms with Gasteiger partial charge in [0, 0.05) is 42.9 Å². The molecule has 1 saturated heterocycles. The molecule has 1 aliphatic rings. The average molecular weight is 265 g/mol. The quantitative estimate of drug-likeness (QED) is 0.863. The van der Waals surface area contributed by atoms with Crippen LogP contribution in [0.2, 0.25) is 0 Å². The fourth-order valence-electron chi connectivity index (χ4n) is 2.01. The summed E-state index contributed by atoms with van der Waals surface area (Å²) in [6.07, 6.45) is 4.05. The molecule has 1 amide bonds. The van der Waals surface area contributed by atoms with Gasteiger partial charge in [-0.25, -0.2) is 0 Å². The Labute approximate surface area is 112 Å². The highest BCUT2D eigenvalue weighted by Crippen LogP contribution is 2.13. The number of carbonyl (C=O) groups is 1. The molecule has 2 heterocycles. The van der Waals surface area contributed by atoms with Gasteiger partial charge in [0.15, 0.2) is 0 Å². The second-order valence-corrected chi connectivity index (χ2v) is 5.65. The zero-order valence-electron chi connectivity index (χ0n) is 10.6. The first-order chi connectivity index (χ1) is 8.75. The molecule has 2 rings (SSSR count). The number of pyridine rings is 1. The van der Waals surface area contributed by atoms with Crippen molar-refractivity contribution in [2.24, 2.45) is 0 Å². The van der Waals surface area contributed by atoms with Gasteiger partial charge >= 0.3 is 0 Å².